The van der Waals surface area contributed by atoms with Gasteiger partial charge in [0.05, 0.1) is 80.2 Å². The SMILES string of the molecule is CO[C@H]1C[C@H]([C@H]2CC[C@@]3(C)C(=CC[C@@H]4[C@@H]3CC[C@]3(C)[C@@H]5[C@H]6CO[C@]5(C)O[C@]43O6)C2)O[C@H](C)[C@@H]1O[C@H]1C[C@@H](OC)[C@H](O[C@H]2C[C@@H](O)[C@H](O[C@H]3C[C@@H](OC)[C@@H](O[C@H]4O[C@H](CO)[C@H](O)[C@H](O)[C@H]4O)[C@H](C)O3)[C@@H](C)O2)[C@@H](C)O1. The highest BCUT2D eigenvalue weighted by molar-refractivity contribution is 5.30. The summed E-state index contributed by atoms with van der Waals surface area (Å²) in [6.07, 6.45) is -5.40. The van der Waals surface area contributed by atoms with Crippen LogP contribution in [0.4, 0.5) is 0 Å². The maximum Gasteiger partial charge on any atom is 0.187 e. The first-order valence-corrected chi connectivity index (χ1v) is 27.8. The minimum atomic E-state index is -1.59. The summed E-state index contributed by atoms with van der Waals surface area (Å²) in [5.41, 5.74) is 1.64. The standard InChI is InChI=1S/C54H86O20/c1-24-45(69-40-21-36(62-10)48(27(4)67-40)72-50-44(59)43(58)42(57)37(22-55)68-50)32(56)18-39(65-24)70-47-26(3)66-41(20-35(47)61-9)71-46-25(2)64-33(19-34(46)60-8)28-13-15-51(5)29(17-28)11-12-31-30(51)14-16-52(6)49-38-23-63-53(49,7)74-54(31,52)73-38/h11,24-28,30-50,55-59H,12-23H2,1-10H3/t24-,25-,26-,27+,28+,30+,31-,32-,33-,34+,35-,36-,37-,38-,39+,40+,41+,42+,43+,44-,45-,46+,47-,48+,49+,50-,51+,52-,53-,54-/m1/s1. The van der Waals surface area contributed by atoms with Gasteiger partial charge in [-0.05, 0) is 90.4 Å². The Morgan fingerprint density at radius 2 is 1.20 bits per heavy atom. The number of hydrogen-bond acceptors (Lipinski definition) is 20. The van der Waals surface area contributed by atoms with Crippen molar-refractivity contribution in [3.8, 4) is 0 Å². The Morgan fingerprint density at radius 1 is 0.622 bits per heavy atom. The monoisotopic (exact) mass is 1050 g/mol. The quantitative estimate of drug-likeness (QED) is 0.167. The van der Waals surface area contributed by atoms with Crippen molar-refractivity contribution in [1.82, 2.24) is 0 Å². The van der Waals surface area contributed by atoms with E-state index in [0.29, 0.717) is 30.8 Å². The number of aliphatic hydroxyl groups is 5. The van der Waals surface area contributed by atoms with Gasteiger partial charge in [0.25, 0.3) is 0 Å². The molecular formula is C54H86O20. The summed E-state index contributed by atoms with van der Waals surface area (Å²) in [5, 5.41) is 52.2. The molecule has 20 nitrogen and oxygen atoms in total. The van der Waals surface area contributed by atoms with E-state index < -0.39 is 123 Å². The van der Waals surface area contributed by atoms with Gasteiger partial charge in [0.2, 0.25) is 0 Å². The Hall–Kier alpha value is -1.06. The van der Waals surface area contributed by atoms with Gasteiger partial charge in [0, 0.05) is 58.3 Å². The molecule has 74 heavy (non-hydrogen) atoms. The molecule has 20 heteroatoms. The summed E-state index contributed by atoms with van der Waals surface area (Å²) in [6, 6.07) is 0. The van der Waals surface area contributed by atoms with E-state index in [1.807, 2.05) is 6.92 Å². The first-order valence-electron chi connectivity index (χ1n) is 27.8. The van der Waals surface area contributed by atoms with Gasteiger partial charge in [-0.15, -0.1) is 0 Å². The van der Waals surface area contributed by atoms with Gasteiger partial charge in [-0.25, -0.2) is 0 Å². The maximum absolute atomic E-state index is 11.5. The molecule has 3 aliphatic carbocycles. The highest BCUT2D eigenvalue weighted by Crippen LogP contribution is 2.76. The molecule has 11 rings (SSSR count). The van der Waals surface area contributed by atoms with Crippen LogP contribution in [0.3, 0.4) is 0 Å². The van der Waals surface area contributed by atoms with Crippen molar-refractivity contribution in [2.45, 2.75) is 259 Å². The average molecular weight is 1060 g/mol. The zero-order valence-electron chi connectivity index (χ0n) is 44.9. The Morgan fingerprint density at radius 3 is 1.81 bits per heavy atom. The molecule has 0 aromatic heterocycles. The smallest absolute Gasteiger partial charge is 0.187 e. The Labute approximate surface area is 435 Å². The van der Waals surface area contributed by atoms with Crippen molar-refractivity contribution in [2.75, 3.05) is 34.5 Å². The largest absolute Gasteiger partial charge is 0.394 e. The van der Waals surface area contributed by atoms with E-state index in [0.717, 1.165) is 38.5 Å². The topological polar surface area (TPSA) is 240 Å². The van der Waals surface area contributed by atoms with Crippen LogP contribution >= 0.6 is 0 Å². The van der Waals surface area contributed by atoms with Crippen molar-refractivity contribution < 1.29 is 96.6 Å². The van der Waals surface area contributed by atoms with E-state index in [-0.39, 0.29) is 60.1 Å². The summed E-state index contributed by atoms with van der Waals surface area (Å²) in [6.45, 7) is 14.7. The summed E-state index contributed by atoms with van der Waals surface area (Å²) in [5.74, 6) is 0.353. The van der Waals surface area contributed by atoms with Crippen LogP contribution in [-0.4, -0.2) is 207 Å². The highest BCUT2D eigenvalue weighted by atomic mass is 16.8. The number of hydrogen-bond donors (Lipinski definition) is 5. The van der Waals surface area contributed by atoms with E-state index >= 15 is 0 Å². The Bertz CT molecular complexity index is 1990. The number of rotatable bonds is 13. The van der Waals surface area contributed by atoms with Crippen LogP contribution < -0.4 is 0 Å². The summed E-state index contributed by atoms with van der Waals surface area (Å²) >= 11 is 0. The van der Waals surface area contributed by atoms with Crippen LogP contribution in [0.2, 0.25) is 0 Å². The second-order valence-electron chi connectivity index (χ2n) is 24.4. The molecule has 11 aliphatic rings. The molecule has 2 saturated carbocycles. The van der Waals surface area contributed by atoms with E-state index in [9.17, 15) is 25.5 Å². The van der Waals surface area contributed by atoms with Crippen LogP contribution in [0, 0.1) is 34.5 Å². The lowest BCUT2D eigenvalue weighted by molar-refractivity contribution is -0.358. The molecular weight excluding hydrogens is 969 g/mol. The fraction of sp³-hybridized carbons (Fsp3) is 0.963. The third kappa shape index (κ3) is 9.04. The van der Waals surface area contributed by atoms with Gasteiger partial charge < -0.3 is 96.6 Å². The van der Waals surface area contributed by atoms with Gasteiger partial charge >= 0.3 is 0 Å². The Kier molecular flexibility index (Phi) is 15.4. The van der Waals surface area contributed by atoms with Gasteiger partial charge in [0.1, 0.15) is 48.8 Å². The van der Waals surface area contributed by atoms with Crippen LogP contribution in [-0.2, 0) is 71.1 Å². The zero-order chi connectivity index (χ0) is 52.4. The minimum absolute atomic E-state index is 0.0272. The molecule has 0 amide bonds. The van der Waals surface area contributed by atoms with Crippen molar-refractivity contribution in [2.24, 2.45) is 34.5 Å². The lowest BCUT2D eigenvalue weighted by atomic mass is 9.47. The van der Waals surface area contributed by atoms with Crippen LogP contribution in [0.5, 0.6) is 0 Å². The van der Waals surface area contributed by atoms with E-state index in [4.69, 9.17) is 71.1 Å². The first-order chi connectivity index (χ1) is 35.3. The van der Waals surface area contributed by atoms with E-state index in [1.54, 1.807) is 33.6 Å². The Balaban J connectivity index is 0.659. The second kappa shape index (κ2) is 20.8. The van der Waals surface area contributed by atoms with Crippen molar-refractivity contribution in [1.29, 1.82) is 0 Å². The number of fused-ring (bicyclic) bond motifs is 3. The molecule has 10 fully saturated rings. The van der Waals surface area contributed by atoms with Crippen molar-refractivity contribution in [3.05, 3.63) is 11.6 Å². The summed E-state index contributed by atoms with van der Waals surface area (Å²) in [4.78, 5) is 0. The third-order valence-electron chi connectivity index (χ3n) is 20.3. The highest BCUT2D eigenvalue weighted by Gasteiger charge is 2.83. The van der Waals surface area contributed by atoms with E-state index in [2.05, 4.69) is 33.8 Å². The molecule has 8 heterocycles. The fourth-order valence-electron chi connectivity index (χ4n) is 16.5. The molecule has 2 bridgehead atoms. The van der Waals surface area contributed by atoms with E-state index in [1.165, 1.54) is 13.5 Å². The number of methoxy groups -OCH3 is 3. The zero-order valence-corrected chi connectivity index (χ0v) is 44.9. The van der Waals surface area contributed by atoms with Gasteiger partial charge in [-0.1, -0.05) is 25.5 Å². The molecule has 0 aromatic rings. The minimum Gasteiger partial charge on any atom is -0.394 e. The maximum atomic E-state index is 11.5. The number of ether oxygens (including phenoxy) is 15. The van der Waals surface area contributed by atoms with Crippen molar-refractivity contribution >= 4 is 0 Å². The molecule has 5 N–H and O–H groups in total. The van der Waals surface area contributed by atoms with Crippen LogP contribution in [0.15, 0.2) is 11.6 Å². The number of aliphatic hydroxyl groups excluding tert-OH is 5. The molecule has 8 aliphatic heterocycles. The van der Waals surface area contributed by atoms with Gasteiger partial charge in [-0.3, -0.25) is 0 Å². The molecule has 422 valence electrons. The molecule has 0 spiro atoms. The lowest BCUT2D eigenvalue weighted by Crippen LogP contribution is -2.62. The average Bonchev–Trinajstić information content (AvgIpc) is 3.98. The molecule has 0 unspecified atom stereocenters. The van der Waals surface area contributed by atoms with Gasteiger partial charge in [-0.2, -0.15) is 0 Å². The fourth-order valence-corrected chi connectivity index (χ4v) is 16.5. The normalized spacial score (nSPS) is 57.1. The summed E-state index contributed by atoms with van der Waals surface area (Å²) < 4.78 is 95.4. The molecule has 0 radical (unpaired) electrons. The van der Waals surface area contributed by atoms with Gasteiger partial charge in [0.15, 0.2) is 36.7 Å². The van der Waals surface area contributed by atoms with Crippen LogP contribution in [0.1, 0.15) is 113 Å². The number of allylic oxidation sites excluding steroid dienone is 2. The van der Waals surface area contributed by atoms with Crippen molar-refractivity contribution in [3.63, 3.8) is 0 Å². The first kappa shape index (κ1) is 54.9. The predicted octanol–water partition coefficient (Wildman–Crippen LogP) is 2.97. The molecule has 8 saturated heterocycles. The molecule has 30 atom stereocenters. The lowest BCUT2D eigenvalue weighted by Gasteiger charge is -2.59. The predicted molar refractivity (Wildman–Crippen MR) is 256 cm³/mol. The summed E-state index contributed by atoms with van der Waals surface area (Å²) in [7, 11) is 4.91. The third-order valence-corrected chi connectivity index (χ3v) is 20.3. The second-order valence-corrected chi connectivity index (χ2v) is 24.4. The molecule has 0 aromatic carbocycles. The van der Waals surface area contributed by atoms with Crippen LogP contribution in [0.25, 0.3) is 0 Å².